The first-order valence-corrected chi connectivity index (χ1v) is 5.26. The molecule has 1 aromatic heterocycles. The van der Waals surface area contributed by atoms with E-state index in [4.69, 9.17) is 5.73 Å². The molecule has 3 heteroatoms. The van der Waals surface area contributed by atoms with Crippen LogP contribution in [0.2, 0.25) is 0 Å². The Kier molecular flexibility index (Phi) is 2.68. The van der Waals surface area contributed by atoms with Crippen molar-refractivity contribution < 1.29 is 0 Å². The fourth-order valence-corrected chi connectivity index (χ4v) is 1.75. The van der Waals surface area contributed by atoms with Crippen molar-refractivity contribution in [1.29, 1.82) is 0 Å². The van der Waals surface area contributed by atoms with Crippen LogP contribution in [-0.4, -0.2) is 17.6 Å². The SMILES string of the molecule is CCN(c1ccc(CN)nc1)C1CC1. The second-order valence-corrected chi connectivity index (χ2v) is 3.73. The molecule has 0 atom stereocenters. The zero-order chi connectivity index (χ0) is 9.97. The van der Waals surface area contributed by atoms with E-state index in [9.17, 15) is 0 Å². The van der Waals surface area contributed by atoms with Crippen LogP contribution < -0.4 is 10.6 Å². The van der Waals surface area contributed by atoms with Gasteiger partial charge in [-0.25, -0.2) is 0 Å². The summed E-state index contributed by atoms with van der Waals surface area (Å²) in [5.74, 6) is 0. The first-order chi connectivity index (χ1) is 6.85. The molecule has 2 N–H and O–H groups in total. The molecule has 1 aliphatic carbocycles. The summed E-state index contributed by atoms with van der Waals surface area (Å²) < 4.78 is 0. The first-order valence-electron chi connectivity index (χ1n) is 5.26. The molecule has 0 bridgehead atoms. The zero-order valence-corrected chi connectivity index (χ0v) is 8.61. The van der Waals surface area contributed by atoms with Crippen molar-refractivity contribution in [2.75, 3.05) is 11.4 Å². The van der Waals surface area contributed by atoms with Gasteiger partial charge in [0.1, 0.15) is 0 Å². The summed E-state index contributed by atoms with van der Waals surface area (Å²) >= 11 is 0. The van der Waals surface area contributed by atoms with Gasteiger partial charge in [-0.3, -0.25) is 4.98 Å². The lowest BCUT2D eigenvalue weighted by Gasteiger charge is -2.22. The summed E-state index contributed by atoms with van der Waals surface area (Å²) in [6, 6.07) is 4.89. The van der Waals surface area contributed by atoms with Crippen molar-refractivity contribution >= 4 is 5.69 Å². The van der Waals surface area contributed by atoms with Gasteiger partial charge in [0.2, 0.25) is 0 Å². The van der Waals surface area contributed by atoms with Gasteiger partial charge < -0.3 is 10.6 Å². The van der Waals surface area contributed by atoms with E-state index in [1.165, 1.54) is 18.5 Å². The van der Waals surface area contributed by atoms with Crippen LogP contribution in [0.5, 0.6) is 0 Å². The van der Waals surface area contributed by atoms with Gasteiger partial charge in [-0.15, -0.1) is 0 Å². The second kappa shape index (κ2) is 3.96. The monoisotopic (exact) mass is 191 g/mol. The lowest BCUT2D eigenvalue weighted by molar-refractivity contribution is 0.820. The van der Waals surface area contributed by atoms with E-state index < -0.39 is 0 Å². The fraction of sp³-hybridized carbons (Fsp3) is 0.545. The van der Waals surface area contributed by atoms with Gasteiger partial charge in [-0.1, -0.05) is 0 Å². The second-order valence-electron chi connectivity index (χ2n) is 3.73. The third-order valence-electron chi connectivity index (χ3n) is 2.68. The number of nitrogens with two attached hydrogens (primary N) is 1. The van der Waals surface area contributed by atoms with Gasteiger partial charge >= 0.3 is 0 Å². The fourth-order valence-electron chi connectivity index (χ4n) is 1.75. The van der Waals surface area contributed by atoms with E-state index in [0.29, 0.717) is 6.54 Å². The van der Waals surface area contributed by atoms with E-state index in [0.717, 1.165) is 18.3 Å². The third-order valence-corrected chi connectivity index (χ3v) is 2.68. The van der Waals surface area contributed by atoms with Crippen LogP contribution in [0.1, 0.15) is 25.5 Å². The van der Waals surface area contributed by atoms with Crippen molar-refractivity contribution in [1.82, 2.24) is 4.98 Å². The van der Waals surface area contributed by atoms with Gasteiger partial charge in [-0.05, 0) is 31.9 Å². The van der Waals surface area contributed by atoms with Crippen molar-refractivity contribution in [2.45, 2.75) is 32.4 Å². The van der Waals surface area contributed by atoms with Gasteiger partial charge in [0.15, 0.2) is 0 Å². The number of aromatic nitrogens is 1. The van der Waals surface area contributed by atoms with Crippen LogP contribution in [0.25, 0.3) is 0 Å². The highest BCUT2D eigenvalue weighted by molar-refractivity contribution is 5.46. The number of nitrogens with zero attached hydrogens (tertiary/aromatic N) is 2. The molecule has 1 fully saturated rings. The van der Waals surface area contributed by atoms with Crippen LogP contribution in [-0.2, 0) is 6.54 Å². The highest BCUT2D eigenvalue weighted by atomic mass is 15.2. The maximum absolute atomic E-state index is 5.50. The molecule has 76 valence electrons. The maximum Gasteiger partial charge on any atom is 0.0555 e. The Hall–Kier alpha value is -1.09. The molecule has 0 radical (unpaired) electrons. The molecule has 0 aliphatic heterocycles. The maximum atomic E-state index is 5.50. The Balaban J connectivity index is 2.13. The number of pyridine rings is 1. The lowest BCUT2D eigenvalue weighted by Crippen LogP contribution is -2.25. The minimum absolute atomic E-state index is 0.524. The average molecular weight is 191 g/mol. The lowest BCUT2D eigenvalue weighted by atomic mass is 10.3. The molecule has 1 aliphatic rings. The van der Waals surface area contributed by atoms with E-state index in [1.807, 2.05) is 12.3 Å². The van der Waals surface area contributed by atoms with Crippen LogP contribution in [0.3, 0.4) is 0 Å². The summed E-state index contributed by atoms with van der Waals surface area (Å²) in [5.41, 5.74) is 7.69. The Morgan fingerprint density at radius 2 is 2.29 bits per heavy atom. The van der Waals surface area contributed by atoms with Gasteiger partial charge in [0.05, 0.1) is 17.6 Å². The third kappa shape index (κ3) is 1.87. The van der Waals surface area contributed by atoms with Crippen LogP contribution in [0, 0.1) is 0 Å². The number of hydrogen-bond donors (Lipinski definition) is 1. The Morgan fingerprint density at radius 1 is 1.50 bits per heavy atom. The minimum atomic E-state index is 0.524. The van der Waals surface area contributed by atoms with E-state index in [1.54, 1.807) is 0 Å². The topological polar surface area (TPSA) is 42.1 Å². The minimum Gasteiger partial charge on any atom is -0.368 e. The normalized spacial score (nSPS) is 15.6. The Morgan fingerprint density at radius 3 is 2.71 bits per heavy atom. The molecular formula is C11H17N3. The number of anilines is 1. The van der Waals surface area contributed by atoms with E-state index in [-0.39, 0.29) is 0 Å². The van der Waals surface area contributed by atoms with Gasteiger partial charge in [0.25, 0.3) is 0 Å². The van der Waals surface area contributed by atoms with Gasteiger partial charge in [-0.2, -0.15) is 0 Å². The highest BCUT2D eigenvalue weighted by Gasteiger charge is 2.28. The number of rotatable bonds is 4. The highest BCUT2D eigenvalue weighted by Crippen LogP contribution is 2.30. The summed E-state index contributed by atoms with van der Waals surface area (Å²) in [4.78, 5) is 6.72. The van der Waals surface area contributed by atoms with Crippen molar-refractivity contribution in [3.05, 3.63) is 24.0 Å². The molecule has 3 nitrogen and oxygen atoms in total. The number of hydrogen-bond acceptors (Lipinski definition) is 3. The molecule has 0 aromatic carbocycles. The van der Waals surface area contributed by atoms with Crippen molar-refractivity contribution in [3.8, 4) is 0 Å². The van der Waals surface area contributed by atoms with E-state index >= 15 is 0 Å². The smallest absolute Gasteiger partial charge is 0.0555 e. The first kappa shape index (κ1) is 9.46. The molecule has 2 rings (SSSR count). The molecule has 0 amide bonds. The van der Waals surface area contributed by atoms with E-state index in [2.05, 4.69) is 22.9 Å². The van der Waals surface area contributed by atoms with Crippen LogP contribution in [0.15, 0.2) is 18.3 Å². The predicted octanol–water partition coefficient (Wildman–Crippen LogP) is 1.53. The summed E-state index contributed by atoms with van der Waals surface area (Å²) in [6.07, 6.45) is 4.59. The quantitative estimate of drug-likeness (QED) is 0.784. The molecule has 1 saturated carbocycles. The summed E-state index contributed by atoms with van der Waals surface area (Å²) in [5, 5.41) is 0. The van der Waals surface area contributed by atoms with Crippen molar-refractivity contribution in [2.24, 2.45) is 5.73 Å². The zero-order valence-electron chi connectivity index (χ0n) is 8.61. The molecule has 0 saturated heterocycles. The van der Waals surface area contributed by atoms with Crippen LogP contribution >= 0.6 is 0 Å². The van der Waals surface area contributed by atoms with Gasteiger partial charge in [0, 0.05) is 19.1 Å². The summed E-state index contributed by atoms with van der Waals surface area (Å²) in [7, 11) is 0. The molecule has 0 unspecified atom stereocenters. The largest absolute Gasteiger partial charge is 0.368 e. The molecular weight excluding hydrogens is 174 g/mol. The molecule has 14 heavy (non-hydrogen) atoms. The predicted molar refractivity (Wildman–Crippen MR) is 58.2 cm³/mol. The van der Waals surface area contributed by atoms with Crippen molar-refractivity contribution in [3.63, 3.8) is 0 Å². The standard InChI is InChI=1S/C11H17N3/c1-2-14(10-5-6-10)11-4-3-9(7-12)13-8-11/h3-4,8,10H,2,5-7,12H2,1H3. The molecule has 1 heterocycles. The molecule has 0 spiro atoms. The average Bonchev–Trinajstić information content (AvgIpc) is 3.04. The summed E-state index contributed by atoms with van der Waals surface area (Å²) in [6.45, 7) is 3.78. The Labute approximate surface area is 84.9 Å². The molecule has 1 aromatic rings. The van der Waals surface area contributed by atoms with Crippen LogP contribution in [0.4, 0.5) is 5.69 Å². The Bertz CT molecular complexity index is 290.